The van der Waals surface area contributed by atoms with Crippen LogP contribution in [0.15, 0.2) is 48.5 Å². The minimum absolute atomic E-state index is 0.0606. The molecule has 416 valence electrons. The van der Waals surface area contributed by atoms with E-state index in [4.69, 9.17) is 9.47 Å². The largest absolute Gasteiger partial charge is 0.376 e. The van der Waals surface area contributed by atoms with Gasteiger partial charge in [-0.15, -0.1) is 0 Å². The Morgan fingerprint density at radius 2 is 0.961 bits per heavy atom. The van der Waals surface area contributed by atoms with Crippen molar-refractivity contribution >= 4 is 35.4 Å². The molecule has 2 saturated carbocycles. The molecule has 6 N–H and O–H groups in total. The van der Waals surface area contributed by atoms with Crippen LogP contribution in [0.4, 0.5) is 0 Å². The Morgan fingerprint density at radius 1 is 0.566 bits per heavy atom. The molecule has 4 aliphatic carbocycles. The Kier molecular flexibility index (Phi) is 19.2. The molecule has 9 rings (SSSR count). The van der Waals surface area contributed by atoms with Gasteiger partial charge >= 0.3 is 0 Å². The number of ether oxygens (including phenoxy) is 2. The fourth-order valence-electron chi connectivity index (χ4n) is 12.3. The lowest BCUT2D eigenvalue weighted by atomic mass is 9.87. The van der Waals surface area contributed by atoms with Crippen molar-refractivity contribution in [3.8, 4) is 0 Å². The predicted octanol–water partition coefficient (Wildman–Crippen LogP) is 2.75. The zero-order valence-corrected chi connectivity index (χ0v) is 45.6. The van der Waals surface area contributed by atoms with Gasteiger partial charge in [-0.05, 0) is 139 Å². The summed E-state index contributed by atoms with van der Waals surface area (Å²) in [7, 11) is 3.44. The van der Waals surface area contributed by atoms with E-state index in [1.807, 2.05) is 24.3 Å². The van der Waals surface area contributed by atoms with E-state index in [0.29, 0.717) is 39.1 Å². The van der Waals surface area contributed by atoms with E-state index in [2.05, 4.69) is 66.0 Å². The molecule has 3 heterocycles. The molecule has 0 spiro atoms. The summed E-state index contributed by atoms with van der Waals surface area (Å²) in [5.41, 5.74) is 4.80. The number of carbonyl (C=O) groups is 6. The first-order valence-electron chi connectivity index (χ1n) is 28.9. The fourth-order valence-corrected chi connectivity index (χ4v) is 12.3. The number of carbonyl (C=O) groups excluding carboxylic acids is 6. The van der Waals surface area contributed by atoms with E-state index >= 15 is 0 Å². The average molecular weight is 1050 g/mol. The molecule has 5 fully saturated rings. The number of hydrogen-bond acceptors (Lipinski definition) is 12. The second-order valence-electron chi connectivity index (χ2n) is 22.8. The highest BCUT2D eigenvalue weighted by molar-refractivity contribution is 5.95. The van der Waals surface area contributed by atoms with Crippen molar-refractivity contribution in [3.63, 3.8) is 0 Å². The van der Waals surface area contributed by atoms with Crippen LogP contribution in [0.1, 0.15) is 125 Å². The van der Waals surface area contributed by atoms with Crippen molar-refractivity contribution in [2.24, 2.45) is 11.8 Å². The topological polar surface area (TPSA) is 206 Å². The van der Waals surface area contributed by atoms with Gasteiger partial charge in [0.1, 0.15) is 24.2 Å². The highest BCUT2D eigenvalue weighted by atomic mass is 16.5. The van der Waals surface area contributed by atoms with Gasteiger partial charge in [0.25, 0.3) is 0 Å². The van der Waals surface area contributed by atoms with Crippen LogP contribution in [-0.2, 0) is 51.1 Å². The number of fused-ring (bicyclic) bond motifs is 2. The number of likely N-dealkylation sites (N-methyl/N-ethyl adjacent to an activating group) is 2. The van der Waals surface area contributed by atoms with E-state index < -0.39 is 36.3 Å². The summed E-state index contributed by atoms with van der Waals surface area (Å²) < 4.78 is 13.0. The maximum atomic E-state index is 14.4. The third kappa shape index (κ3) is 14.0. The summed E-state index contributed by atoms with van der Waals surface area (Å²) in [5, 5.41) is 18.6. The van der Waals surface area contributed by atoms with Crippen LogP contribution >= 0.6 is 0 Å². The molecule has 3 saturated heterocycles. The minimum Gasteiger partial charge on any atom is -0.376 e. The quantitative estimate of drug-likeness (QED) is 0.0841. The van der Waals surface area contributed by atoms with Gasteiger partial charge in [-0.2, -0.15) is 0 Å². The van der Waals surface area contributed by atoms with Crippen LogP contribution in [0.3, 0.4) is 0 Å². The highest BCUT2D eigenvalue weighted by Crippen LogP contribution is 2.38. The monoisotopic (exact) mass is 1050 g/mol. The van der Waals surface area contributed by atoms with Crippen LogP contribution < -0.4 is 31.9 Å². The zero-order chi connectivity index (χ0) is 53.3. The number of rotatable bonds is 24. The van der Waals surface area contributed by atoms with Gasteiger partial charge < -0.3 is 61.0 Å². The van der Waals surface area contributed by atoms with Crippen LogP contribution in [0.2, 0.25) is 0 Å². The smallest absolute Gasteiger partial charge is 0.246 e. The van der Waals surface area contributed by atoms with Crippen molar-refractivity contribution in [3.05, 3.63) is 70.8 Å². The molecule has 7 aliphatic rings. The molecule has 0 radical (unpaired) electrons. The van der Waals surface area contributed by atoms with Crippen molar-refractivity contribution in [2.45, 2.75) is 164 Å². The van der Waals surface area contributed by atoms with Gasteiger partial charge in [0.15, 0.2) is 0 Å². The Morgan fingerprint density at radius 3 is 1.34 bits per heavy atom. The molecule has 0 bridgehead atoms. The number of piperazine rings is 1. The van der Waals surface area contributed by atoms with Gasteiger partial charge in [0.05, 0.1) is 36.4 Å². The van der Waals surface area contributed by atoms with E-state index in [9.17, 15) is 28.8 Å². The maximum Gasteiger partial charge on any atom is 0.246 e. The highest BCUT2D eigenvalue weighted by Gasteiger charge is 2.49. The van der Waals surface area contributed by atoms with E-state index in [1.165, 1.54) is 11.1 Å². The number of aryl methyl sites for hydroxylation is 2. The molecule has 18 nitrogen and oxygen atoms in total. The van der Waals surface area contributed by atoms with Crippen LogP contribution in [0.5, 0.6) is 0 Å². The van der Waals surface area contributed by atoms with E-state index in [-0.39, 0.29) is 71.6 Å². The summed E-state index contributed by atoms with van der Waals surface area (Å²) in [6, 6.07) is 12.7. The molecule has 2 aromatic carbocycles. The fraction of sp³-hybridized carbons (Fsp3) is 0.690. The van der Waals surface area contributed by atoms with Crippen LogP contribution in [0.25, 0.3) is 0 Å². The van der Waals surface area contributed by atoms with Crippen molar-refractivity contribution < 1.29 is 38.2 Å². The molecule has 6 amide bonds. The molecule has 76 heavy (non-hydrogen) atoms. The SMILES string of the molecule is CN[C@@H](C)C(=O)N[C@H](C(=O)N1C[C@@H](OCCCN2CCN(CCCO[C@H]3C[C@@H](C(=O)N[C@@H]4CCCc5ccccc54)N(C(=O)[C@@H](NC(=O)[C@H](C)NC)C4CC4)C3)CC2)C[C@H]1C(=O)N[C@@H]1CCCc2ccccc21)C1CC1. The van der Waals surface area contributed by atoms with Gasteiger partial charge in [0.2, 0.25) is 35.4 Å². The van der Waals surface area contributed by atoms with Gasteiger partial charge in [-0.1, -0.05) is 48.5 Å². The number of hydrogen-bond donors (Lipinski definition) is 6. The van der Waals surface area contributed by atoms with Gasteiger partial charge in [0, 0.05) is 78.4 Å². The van der Waals surface area contributed by atoms with Crippen molar-refractivity contribution in [1.82, 2.24) is 51.5 Å². The molecule has 10 atom stereocenters. The first-order chi connectivity index (χ1) is 36.9. The molecular formula is C58H86N10O8. The summed E-state index contributed by atoms with van der Waals surface area (Å²) in [6.07, 6.45) is 11.0. The summed E-state index contributed by atoms with van der Waals surface area (Å²) in [6.45, 7) is 10.7. The standard InChI is InChI=1S/C58H86N10O8/c1-37(59-3)53(69)63-51(41-21-22-41)57(73)67-35-43(33-49(67)55(71)61-47-19-9-15-39-13-5-7-17-45(39)47)75-31-11-25-65-27-29-66(30-28-65)26-12-32-76-44-34-50(56(72)62-48-20-10-16-40-14-6-8-18-46(40)48)68(36-44)58(74)52(42-23-24-42)64-54(70)38(2)60-4/h5-8,13-14,17-18,37-38,41-44,47-52,59-60H,9-12,15-16,19-36H2,1-4H3,(H,61,71)(H,62,72)(H,63,69)(H,64,70)/t37-,38-,43-,44-,47+,48+,49-,50-,51-,52-/m0/s1. The first-order valence-corrected chi connectivity index (χ1v) is 28.9. The van der Waals surface area contributed by atoms with E-state index in [1.54, 1.807) is 37.7 Å². The lowest BCUT2D eigenvalue weighted by Gasteiger charge is -2.34. The Balaban J connectivity index is 0.726. The Hall–Kier alpha value is -4.98. The minimum atomic E-state index is -0.687. The third-order valence-corrected chi connectivity index (χ3v) is 17.4. The summed E-state index contributed by atoms with van der Waals surface area (Å²) in [5.74, 6) is -1.06. The lowest BCUT2D eigenvalue weighted by molar-refractivity contribution is -0.142. The number of nitrogens with one attached hydrogen (secondary N) is 6. The second-order valence-corrected chi connectivity index (χ2v) is 22.8. The average Bonchev–Trinajstić information content (AvgIpc) is 4.40. The van der Waals surface area contributed by atoms with Gasteiger partial charge in [-0.25, -0.2) is 0 Å². The molecule has 0 aromatic heterocycles. The summed E-state index contributed by atoms with van der Waals surface area (Å²) >= 11 is 0. The lowest BCUT2D eigenvalue weighted by Crippen LogP contribution is -2.56. The number of amides is 6. The Labute approximate surface area is 450 Å². The van der Waals surface area contributed by atoms with Crippen molar-refractivity contribution in [2.75, 3.05) is 79.7 Å². The Bertz CT molecular complexity index is 2180. The van der Waals surface area contributed by atoms with Crippen LogP contribution in [0, 0.1) is 11.8 Å². The molecule has 2 aromatic rings. The molecule has 3 aliphatic heterocycles. The number of likely N-dealkylation sites (tertiary alicyclic amines) is 2. The normalized spacial score (nSPS) is 26.4. The van der Waals surface area contributed by atoms with Gasteiger partial charge in [-0.3, -0.25) is 28.8 Å². The van der Waals surface area contributed by atoms with Crippen molar-refractivity contribution in [1.29, 1.82) is 0 Å². The first kappa shape index (κ1) is 55.8. The van der Waals surface area contributed by atoms with Crippen LogP contribution in [-0.4, -0.2) is 183 Å². The molecule has 0 unspecified atom stereocenters. The molecular weight excluding hydrogens is 965 g/mol. The zero-order valence-electron chi connectivity index (χ0n) is 45.6. The molecule has 18 heteroatoms. The number of benzene rings is 2. The second kappa shape index (κ2) is 26.1. The summed E-state index contributed by atoms with van der Waals surface area (Å²) in [4.78, 5) is 91.5. The number of nitrogens with zero attached hydrogens (tertiary/aromatic N) is 4. The van der Waals surface area contributed by atoms with E-state index in [0.717, 1.165) is 127 Å². The third-order valence-electron chi connectivity index (χ3n) is 17.4. The predicted molar refractivity (Wildman–Crippen MR) is 289 cm³/mol. The maximum absolute atomic E-state index is 14.4.